The summed E-state index contributed by atoms with van der Waals surface area (Å²) in [5.74, 6) is -0.149. The highest BCUT2D eigenvalue weighted by Gasteiger charge is 2.32. The zero-order chi connectivity index (χ0) is 19.4. The van der Waals surface area contributed by atoms with E-state index in [0.717, 1.165) is 0 Å². The van der Waals surface area contributed by atoms with E-state index in [0.29, 0.717) is 29.2 Å². The third-order valence-electron chi connectivity index (χ3n) is 4.13. The van der Waals surface area contributed by atoms with Crippen molar-refractivity contribution in [3.05, 3.63) is 48.5 Å². The Morgan fingerprint density at radius 2 is 1.70 bits per heavy atom. The summed E-state index contributed by atoms with van der Waals surface area (Å²) in [6, 6.07) is 14.0. The number of anilines is 3. The molecular weight excluding hydrogens is 346 g/mol. The molecule has 2 aromatic carbocycles. The van der Waals surface area contributed by atoms with Crippen molar-refractivity contribution in [2.75, 3.05) is 22.1 Å². The summed E-state index contributed by atoms with van der Waals surface area (Å²) < 4.78 is 5.57. The predicted octanol–water partition coefficient (Wildman–Crippen LogP) is 2.79. The van der Waals surface area contributed by atoms with Gasteiger partial charge >= 0.3 is 0 Å². The van der Waals surface area contributed by atoms with Crippen LogP contribution in [0.5, 0.6) is 5.75 Å². The van der Waals surface area contributed by atoms with E-state index in [2.05, 4.69) is 10.6 Å². The van der Waals surface area contributed by atoms with Crippen LogP contribution in [-0.2, 0) is 14.4 Å². The van der Waals surface area contributed by atoms with Gasteiger partial charge in [0.25, 0.3) is 5.91 Å². The van der Waals surface area contributed by atoms with Crippen molar-refractivity contribution in [3.63, 3.8) is 0 Å². The van der Waals surface area contributed by atoms with Gasteiger partial charge in [-0.1, -0.05) is 25.1 Å². The van der Waals surface area contributed by atoms with E-state index in [1.165, 1.54) is 4.90 Å². The maximum Gasteiger partial charge on any atom is 0.268 e. The number of carbonyl (C=O) groups is 3. The van der Waals surface area contributed by atoms with Gasteiger partial charge in [0, 0.05) is 17.8 Å². The number of benzene rings is 2. The quantitative estimate of drug-likeness (QED) is 0.851. The first-order valence-corrected chi connectivity index (χ1v) is 8.74. The average Bonchev–Trinajstić information content (AvgIpc) is 2.65. The Labute approximate surface area is 157 Å². The zero-order valence-electron chi connectivity index (χ0n) is 15.2. The van der Waals surface area contributed by atoms with Gasteiger partial charge < -0.3 is 15.4 Å². The number of hydrogen-bond donors (Lipinski definition) is 2. The SMILES string of the molecule is CCC(=O)Nc1cccc(NC(=O)CN2C(=O)C(C)Oc3ccccc32)c1. The molecule has 1 aliphatic heterocycles. The Hall–Kier alpha value is -3.35. The van der Waals surface area contributed by atoms with E-state index < -0.39 is 6.10 Å². The molecule has 0 spiro atoms. The smallest absolute Gasteiger partial charge is 0.268 e. The number of hydrogen-bond acceptors (Lipinski definition) is 4. The Balaban J connectivity index is 1.72. The number of ether oxygens (including phenoxy) is 1. The van der Waals surface area contributed by atoms with Gasteiger partial charge in [0.1, 0.15) is 12.3 Å². The molecule has 0 aromatic heterocycles. The average molecular weight is 367 g/mol. The maximum absolute atomic E-state index is 12.5. The van der Waals surface area contributed by atoms with Gasteiger partial charge in [-0.15, -0.1) is 0 Å². The first kappa shape index (κ1) is 18.4. The van der Waals surface area contributed by atoms with Gasteiger partial charge in [0.05, 0.1) is 5.69 Å². The molecule has 140 valence electrons. The van der Waals surface area contributed by atoms with Crippen molar-refractivity contribution in [2.24, 2.45) is 0 Å². The Morgan fingerprint density at radius 1 is 1.04 bits per heavy atom. The second-order valence-corrected chi connectivity index (χ2v) is 6.18. The fourth-order valence-electron chi connectivity index (χ4n) is 2.79. The van der Waals surface area contributed by atoms with Crippen LogP contribution in [0.4, 0.5) is 17.1 Å². The number of para-hydroxylation sites is 2. The number of fused-ring (bicyclic) bond motifs is 1. The summed E-state index contributed by atoms with van der Waals surface area (Å²) in [4.78, 5) is 37.9. The van der Waals surface area contributed by atoms with Gasteiger partial charge in [-0.2, -0.15) is 0 Å². The predicted molar refractivity (Wildman–Crippen MR) is 103 cm³/mol. The van der Waals surface area contributed by atoms with Crippen LogP contribution in [-0.4, -0.2) is 30.4 Å². The summed E-state index contributed by atoms with van der Waals surface area (Å²) in [6.07, 6.45) is -0.284. The molecule has 1 atom stereocenters. The lowest BCUT2D eigenvalue weighted by molar-refractivity contribution is -0.127. The van der Waals surface area contributed by atoms with Crippen LogP contribution in [0.1, 0.15) is 20.3 Å². The lowest BCUT2D eigenvalue weighted by Gasteiger charge is -2.32. The van der Waals surface area contributed by atoms with Crippen LogP contribution in [0.15, 0.2) is 48.5 Å². The van der Waals surface area contributed by atoms with E-state index in [1.807, 2.05) is 6.07 Å². The third-order valence-corrected chi connectivity index (χ3v) is 4.13. The van der Waals surface area contributed by atoms with Crippen molar-refractivity contribution < 1.29 is 19.1 Å². The number of rotatable bonds is 5. The summed E-state index contributed by atoms with van der Waals surface area (Å²) >= 11 is 0. The zero-order valence-corrected chi connectivity index (χ0v) is 15.2. The second-order valence-electron chi connectivity index (χ2n) is 6.18. The first-order valence-electron chi connectivity index (χ1n) is 8.74. The largest absolute Gasteiger partial charge is 0.479 e. The molecule has 7 heteroatoms. The monoisotopic (exact) mass is 367 g/mol. The van der Waals surface area contributed by atoms with Crippen molar-refractivity contribution in [1.29, 1.82) is 0 Å². The highest BCUT2D eigenvalue weighted by Crippen LogP contribution is 2.33. The highest BCUT2D eigenvalue weighted by atomic mass is 16.5. The fourth-order valence-corrected chi connectivity index (χ4v) is 2.79. The fraction of sp³-hybridized carbons (Fsp3) is 0.250. The molecule has 7 nitrogen and oxygen atoms in total. The van der Waals surface area contributed by atoms with Crippen molar-refractivity contribution in [3.8, 4) is 5.75 Å². The number of nitrogens with one attached hydrogen (secondary N) is 2. The molecule has 27 heavy (non-hydrogen) atoms. The van der Waals surface area contributed by atoms with Crippen molar-refractivity contribution in [1.82, 2.24) is 0 Å². The Morgan fingerprint density at radius 3 is 2.41 bits per heavy atom. The topological polar surface area (TPSA) is 87.7 Å². The molecule has 0 saturated heterocycles. The highest BCUT2D eigenvalue weighted by molar-refractivity contribution is 6.06. The first-order chi connectivity index (χ1) is 13.0. The molecule has 2 aromatic rings. The summed E-state index contributed by atoms with van der Waals surface area (Å²) in [5.41, 5.74) is 1.71. The van der Waals surface area contributed by atoms with E-state index in [-0.39, 0.29) is 24.3 Å². The minimum Gasteiger partial charge on any atom is -0.479 e. The van der Waals surface area contributed by atoms with E-state index >= 15 is 0 Å². The summed E-state index contributed by atoms with van der Waals surface area (Å²) in [5, 5.41) is 5.50. The molecule has 0 saturated carbocycles. The molecule has 0 bridgehead atoms. The Bertz CT molecular complexity index is 881. The number of amides is 3. The lowest BCUT2D eigenvalue weighted by Crippen LogP contribution is -2.47. The van der Waals surface area contributed by atoms with Crippen molar-refractivity contribution in [2.45, 2.75) is 26.4 Å². The molecule has 1 aliphatic rings. The molecule has 1 unspecified atom stereocenters. The summed E-state index contributed by atoms with van der Waals surface area (Å²) in [7, 11) is 0. The minimum absolute atomic E-state index is 0.108. The third kappa shape index (κ3) is 4.25. The standard InChI is InChI=1S/C20H21N3O4/c1-3-18(24)21-14-7-6-8-15(11-14)22-19(25)12-23-16-9-4-5-10-17(16)27-13(2)20(23)26/h4-11,13H,3,12H2,1-2H3,(H,21,24)(H,22,25). The summed E-state index contributed by atoms with van der Waals surface area (Å²) in [6.45, 7) is 3.29. The molecule has 3 amide bonds. The van der Waals surface area contributed by atoms with E-state index in [4.69, 9.17) is 4.74 Å². The van der Waals surface area contributed by atoms with Crippen LogP contribution < -0.4 is 20.3 Å². The van der Waals surface area contributed by atoms with Crippen LogP contribution in [0.25, 0.3) is 0 Å². The molecular formula is C20H21N3O4. The normalized spacial score (nSPS) is 15.6. The van der Waals surface area contributed by atoms with Gasteiger partial charge in [-0.05, 0) is 37.3 Å². The lowest BCUT2D eigenvalue weighted by atomic mass is 10.2. The molecule has 1 heterocycles. The number of nitrogens with zero attached hydrogens (tertiary/aromatic N) is 1. The van der Waals surface area contributed by atoms with Gasteiger partial charge in [-0.25, -0.2) is 0 Å². The maximum atomic E-state index is 12.5. The van der Waals surface area contributed by atoms with E-state index in [9.17, 15) is 14.4 Å². The van der Waals surface area contributed by atoms with Crippen molar-refractivity contribution >= 4 is 34.8 Å². The van der Waals surface area contributed by atoms with Crippen LogP contribution in [0, 0.1) is 0 Å². The molecule has 3 rings (SSSR count). The molecule has 2 N–H and O–H groups in total. The second kappa shape index (κ2) is 7.90. The van der Waals surface area contributed by atoms with E-state index in [1.54, 1.807) is 56.3 Å². The molecule has 0 aliphatic carbocycles. The number of carbonyl (C=O) groups excluding carboxylic acids is 3. The molecule has 0 fully saturated rings. The molecule has 0 radical (unpaired) electrons. The van der Waals surface area contributed by atoms with Gasteiger partial charge in [-0.3, -0.25) is 19.3 Å². The van der Waals surface area contributed by atoms with Crippen LogP contribution >= 0.6 is 0 Å². The van der Waals surface area contributed by atoms with Gasteiger partial charge in [0.2, 0.25) is 11.8 Å². The minimum atomic E-state index is -0.653. The van der Waals surface area contributed by atoms with Gasteiger partial charge in [0.15, 0.2) is 6.10 Å². The van der Waals surface area contributed by atoms with Crippen LogP contribution in [0.2, 0.25) is 0 Å². The van der Waals surface area contributed by atoms with Crippen LogP contribution in [0.3, 0.4) is 0 Å². The Kier molecular flexibility index (Phi) is 5.40.